The molecule has 2 N–H and O–H groups in total. The van der Waals surface area contributed by atoms with Crippen molar-refractivity contribution in [2.75, 3.05) is 18.5 Å². The van der Waals surface area contributed by atoms with Crippen molar-refractivity contribution in [2.45, 2.75) is 34.1 Å². The van der Waals surface area contributed by atoms with Crippen molar-refractivity contribution < 1.29 is 5.11 Å². The number of anilines is 1. The van der Waals surface area contributed by atoms with Gasteiger partial charge in [-0.1, -0.05) is 39.8 Å². The van der Waals surface area contributed by atoms with Crippen LogP contribution in [0.3, 0.4) is 0 Å². The molecule has 0 heterocycles. The maximum Gasteiger partial charge on any atom is 0.0478 e. The van der Waals surface area contributed by atoms with E-state index in [0.29, 0.717) is 17.8 Å². The summed E-state index contributed by atoms with van der Waals surface area (Å²) in [5.74, 6) is 1.52. The van der Waals surface area contributed by atoms with Crippen LogP contribution in [0.25, 0.3) is 0 Å². The molecule has 0 aliphatic rings. The number of rotatable bonds is 7. The number of benzene rings is 1. The molecule has 0 saturated heterocycles. The van der Waals surface area contributed by atoms with Crippen molar-refractivity contribution in [3.8, 4) is 0 Å². The predicted molar refractivity (Wildman–Crippen MR) is 78.9 cm³/mol. The lowest BCUT2D eigenvalue weighted by Gasteiger charge is -2.19. The summed E-state index contributed by atoms with van der Waals surface area (Å²) in [7, 11) is 0. The molecule has 0 radical (unpaired) electrons. The van der Waals surface area contributed by atoms with E-state index in [-0.39, 0.29) is 6.61 Å². The molecule has 0 aliphatic heterocycles. The van der Waals surface area contributed by atoms with E-state index in [4.69, 9.17) is 0 Å². The van der Waals surface area contributed by atoms with Gasteiger partial charge in [0.15, 0.2) is 0 Å². The number of nitrogens with one attached hydrogen (secondary N) is 1. The van der Waals surface area contributed by atoms with Gasteiger partial charge in [-0.3, -0.25) is 0 Å². The third-order valence-electron chi connectivity index (χ3n) is 3.34. The Balaban J connectivity index is 2.48. The molecule has 0 saturated carbocycles. The lowest BCUT2D eigenvalue weighted by molar-refractivity contribution is 0.198. The minimum atomic E-state index is 0.246. The molecular weight excluding hydrogens is 222 g/mol. The lowest BCUT2D eigenvalue weighted by Crippen LogP contribution is -2.22. The van der Waals surface area contributed by atoms with Crippen LogP contribution < -0.4 is 5.32 Å². The molecule has 1 aromatic carbocycles. The van der Waals surface area contributed by atoms with Crippen LogP contribution in [0.5, 0.6) is 0 Å². The fourth-order valence-corrected chi connectivity index (χ4v) is 1.99. The normalized spacial score (nSPS) is 13.1. The molecule has 0 spiro atoms. The van der Waals surface area contributed by atoms with E-state index in [9.17, 15) is 5.11 Å². The number of hydrogen-bond acceptors (Lipinski definition) is 2. The van der Waals surface area contributed by atoms with Gasteiger partial charge >= 0.3 is 0 Å². The Morgan fingerprint density at radius 3 is 2.11 bits per heavy atom. The van der Waals surface area contributed by atoms with Gasteiger partial charge in [0.25, 0.3) is 0 Å². The van der Waals surface area contributed by atoms with Crippen molar-refractivity contribution in [1.82, 2.24) is 0 Å². The highest BCUT2D eigenvalue weighted by Gasteiger charge is 2.11. The second kappa shape index (κ2) is 7.42. The van der Waals surface area contributed by atoms with Gasteiger partial charge in [0.05, 0.1) is 0 Å². The van der Waals surface area contributed by atoms with E-state index < -0.39 is 0 Å². The summed E-state index contributed by atoms with van der Waals surface area (Å²) in [6, 6.07) is 8.64. The molecule has 2 heteroatoms. The van der Waals surface area contributed by atoms with E-state index in [1.165, 1.54) is 5.56 Å². The summed E-state index contributed by atoms with van der Waals surface area (Å²) in [6.07, 6.45) is 1.13. The van der Waals surface area contributed by atoms with Crippen LogP contribution in [-0.4, -0.2) is 18.3 Å². The van der Waals surface area contributed by atoms with Gasteiger partial charge < -0.3 is 10.4 Å². The first-order valence-electron chi connectivity index (χ1n) is 6.96. The average molecular weight is 249 g/mol. The molecule has 2 nitrogen and oxygen atoms in total. The Labute approximate surface area is 111 Å². The molecular formula is C16H27NO. The Morgan fingerprint density at radius 2 is 1.67 bits per heavy atom. The van der Waals surface area contributed by atoms with Crippen LogP contribution in [0.2, 0.25) is 0 Å². The molecule has 102 valence electrons. The Hall–Kier alpha value is -1.02. The highest BCUT2D eigenvalue weighted by atomic mass is 16.3. The predicted octanol–water partition coefficient (Wildman–Crippen LogP) is 3.56. The summed E-state index contributed by atoms with van der Waals surface area (Å²) >= 11 is 0. The van der Waals surface area contributed by atoms with Gasteiger partial charge in [-0.05, 0) is 36.0 Å². The van der Waals surface area contributed by atoms with E-state index in [1.807, 2.05) is 0 Å². The zero-order chi connectivity index (χ0) is 13.5. The average Bonchev–Trinajstić information content (AvgIpc) is 2.31. The molecule has 0 fully saturated rings. The number of aliphatic hydroxyl groups is 1. The van der Waals surface area contributed by atoms with Crippen molar-refractivity contribution in [3.05, 3.63) is 29.8 Å². The van der Waals surface area contributed by atoms with Gasteiger partial charge in [0.2, 0.25) is 0 Å². The highest BCUT2D eigenvalue weighted by molar-refractivity contribution is 5.44. The van der Waals surface area contributed by atoms with Gasteiger partial charge in [-0.2, -0.15) is 0 Å². The molecule has 18 heavy (non-hydrogen) atoms. The third-order valence-corrected chi connectivity index (χ3v) is 3.34. The van der Waals surface area contributed by atoms with Crippen molar-refractivity contribution in [1.29, 1.82) is 0 Å². The first-order chi connectivity index (χ1) is 8.52. The van der Waals surface area contributed by atoms with Gasteiger partial charge in [0, 0.05) is 24.8 Å². The first kappa shape index (κ1) is 15.0. The molecule has 0 aromatic heterocycles. The molecule has 0 amide bonds. The van der Waals surface area contributed by atoms with Gasteiger partial charge in [0.1, 0.15) is 0 Å². The summed E-state index contributed by atoms with van der Waals surface area (Å²) in [4.78, 5) is 0. The zero-order valence-electron chi connectivity index (χ0n) is 12.1. The lowest BCUT2D eigenvalue weighted by atomic mass is 9.96. The van der Waals surface area contributed by atoms with Gasteiger partial charge in [-0.15, -0.1) is 0 Å². The minimum Gasteiger partial charge on any atom is -0.396 e. The number of aliphatic hydroxyl groups excluding tert-OH is 1. The SMILES string of the molecule is CC(C)Cc1ccc(NCC(CO)C(C)C)cc1. The van der Waals surface area contributed by atoms with E-state index in [0.717, 1.165) is 18.7 Å². The summed E-state index contributed by atoms with van der Waals surface area (Å²) in [6.45, 7) is 9.84. The maximum atomic E-state index is 9.28. The molecule has 1 unspecified atom stereocenters. The summed E-state index contributed by atoms with van der Waals surface area (Å²) in [5.41, 5.74) is 2.53. The monoisotopic (exact) mass is 249 g/mol. The Kier molecular flexibility index (Phi) is 6.20. The first-order valence-corrected chi connectivity index (χ1v) is 6.96. The molecule has 1 aromatic rings. The minimum absolute atomic E-state index is 0.246. The van der Waals surface area contributed by atoms with Crippen LogP contribution in [0.1, 0.15) is 33.3 Å². The van der Waals surface area contributed by atoms with Crippen molar-refractivity contribution in [2.24, 2.45) is 17.8 Å². The quantitative estimate of drug-likeness (QED) is 0.774. The van der Waals surface area contributed by atoms with Crippen LogP contribution in [0, 0.1) is 17.8 Å². The second-order valence-electron chi connectivity index (χ2n) is 5.86. The molecule has 1 atom stereocenters. The van der Waals surface area contributed by atoms with E-state index in [2.05, 4.69) is 57.3 Å². The summed E-state index contributed by atoms with van der Waals surface area (Å²) in [5, 5.41) is 12.7. The van der Waals surface area contributed by atoms with Gasteiger partial charge in [-0.25, -0.2) is 0 Å². The fourth-order valence-electron chi connectivity index (χ4n) is 1.99. The van der Waals surface area contributed by atoms with Crippen LogP contribution in [0.4, 0.5) is 5.69 Å². The summed E-state index contributed by atoms with van der Waals surface area (Å²) < 4.78 is 0. The largest absolute Gasteiger partial charge is 0.396 e. The fraction of sp³-hybridized carbons (Fsp3) is 0.625. The van der Waals surface area contributed by atoms with Crippen LogP contribution in [0.15, 0.2) is 24.3 Å². The third kappa shape index (κ3) is 5.09. The Morgan fingerprint density at radius 1 is 1.06 bits per heavy atom. The zero-order valence-corrected chi connectivity index (χ0v) is 12.1. The van der Waals surface area contributed by atoms with Crippen molar-refractivity contribution in [3.63, 3.8) is 0 Å². The van der Waals surface area contributed by atoms with E-state index >= 15 is 0 Å². The molecule has 0 aliphatic carbocycles. The van der Waals surface area contributed by atoms with Crippen LogP contribution in [-0.2, 0) is 6.42 Å². The smallest absolute Gasteiger partial charge is 0.0478 e. The highest BCUT2D eigenvalue weighted by Crippen LogP contribution is 2.15. The maximum absolute atomic E-state index is 9.28. The standard InChI is InChI=1S/C16H27NO/c1-12(2)9-14-5-7-16(8-6-14)17-10-15(11-18)13(3)4/h5-8,12-13,15,17-18H,9-11H2,1-4H3. The van der Waals surface area contributed by atoms with Crippen LogP contribution >= 0.6 is 0 Å². The van der Waals surface area contributed by atoms with Crippen molar-refractivity contribution >= 4 is 5.69 Å². The second-order valence-corrected chi connectivity index (χ2v) is 5.86. The van der Waals surface area contributed by atoms with E-state index in [1.54, 1.807) is 0 Å². The Bertz CT molecular complexity index is 329. The topological polar surface area (TPSA) is 32.3 Å². The number of hydrogen-bond donors (Lipinski definition) is 2. The molecule has 0 bridgehead atoms. The molecule has 1 rings (SSSR count).